The third-order valence-electron chi connectivity index (χ3n) is 3.38. The number of carbonyl (C=O) groups excluding carboxylic acids is 2. The number of ether oxygens (including phenoxy) is 1. The minimum Gasteiger partial charge on any atom is -0.462 e. The highest BCUT2D eigenvalue weighted by Gasteiger charge is 2.28. The molecule has 8 heteroatoms. The topological polar surface area (TPSA) is 102 Å². The number of esters is 1. The third kappa shape index (κ3) is 5.24. The Hall–Kier alpha value is -2.09. The van der Waals surface area contributed by atoms with Gasteiger partial charge in [-0.2, -0.15) is 0 Å². The van der Waals surface area contributed by atoms with Gasteiger partial charge in [-0.05, 0) is 37.1 Å². The van der Waals surface area contributed by atoms with Crippen LogP contribution in [0.5, 0.6) is 0 Å². The fraction of sp³-hybridized carbons (Fsp3) is 0.467. The zero-order valence-electron chi connectivity index (χ0n) is 12.9. The second-order valence-corrected chi connectivity index (χ2v) is 7.64. The lowest BCUT2D eigenvalue weighted by Gasteiger charge is -2.12. The van der Waals surface area contributed by atoms with Gasteiger partial charge in [-0.25, -0.2) is 18.0 Å². The van der Waals surface area contributed by atoms with Gasteiger partial charge >= 0.3 is 12.0 Å². The number of hydrogen-bond acceptors (Lipinski definition) is 5. The number of amides is 2. The maximum atomic E-state index is 11.8. The highest BCUT2D eigenvalue weighted by Crippen LogP contribution is 2.13. The first-order valence-electron chi connectivity index (χ1n) is 7.45. The average molecular weight is 340 g/mol. The molecule has 1 heterocycles. The minimum atomic E-state index is -3.03. The van der Waals surface area contributed by atoms with Crippen LogP contribution in [-0.2, 0) is 14.6 Å². The molecule has 0 spiro atoms. The zero-order chi connectivity index (χ0) is 16.9. The molecule has 1 aliphatic rings. The summed E-state index contributed by atoms with van der Waals surface area (Å²) in [5.74, 6) is -0.325. The Morgan fingerprint density at radius 3 is 2.52 bits per heavy atom. The van der Waals surface area contributed by atoms with Crippen molar-refractivity contribution in [2.45, 2.75) is 25.8 Å². The summed E-state index contributed by atoms with van der Waals surface area (Å²) in [4.78, 5) is 23.5. The summed E-state index contributed by atoms with van der Waals surface area (Å²) in [6.07, 6.45) is 1.18. The van der Waals surface area contributed by atoms with Crippen molar-refractivity contribution in [2.24, 2.45) is 0 Å². The summed E-state index contributed by atoms with van der Waals surface area (Å²) >= 11 is 0. The molecule has 0 aliphatic carbocycles. The molecule has 1 aromatic carbocycles. The van der Waals surface area contributed by atoms with Crippen LogP contribution >= 0.6 is 0 Å². The predicted molar refractivity (Wildman–Crippen MR) is 86.2 cm³/mol. The van der Waals surface area contributed by atoms with E-state index in [-0.39, 0.29) is 17.5 Å². The van der Waals surface area contributed by atoms with Gasteiger partial charge in [0.25, 0.3) is 0 Å². The molecule has 0 aromatic heterocycles. The van der Waals surface area contributed by atoms with Crippen LogP contribution in [0.15, 0.2) is 24.3 Å². The SMILES string of the molecule is CCCOC(=O)c1ccc(NC(=O)NC2CCS(=O)(=O)C2)cc1. The quantitative estimate of drug-likeness (QED) is 0.792. The summed E-state index contributed by atoms with van der Waals surface area (Å²) in [6, 6.07) is 5.49. The first-order chi connectivity index (χ1) is 10.9. The Morgan fingerprint density at radius 2 is 1.96 bits per heavy atom. The monoisotopic (exact) mass is 340 g/mol. The fourth-order valence-corrected chi connectivity index (χ4v) is 3.90. The number of carbonyl (C=O) groups is 2. The summed E-state index contributed by atoms with van der Waals surface area (Å²) in [5.41, 5.74) is 0.918. The second kappa shape index (κ2) is 7.45. The van der Waals surface area contributed by atoms with Gasteiger partial charge in [-0.3, -0.25) is 0 Å². The van der Waals surface area contributed by atoms with Gasteiger partial charge in [0.05, 0.1) is 23.7 Å². The molecule has 0 saturated carbocycles. The lowest BCUT2D eigenvalue weighted by Crippen LogP contribution is -2.38. The van der Waals surface area contributed by atoms with Crippen molar-refractivity contribution in [3.8, 4) is 0 Å². The van der Waals surface area contributed by atoms with Crippen molar-refractivity contribution < 1.29 is 22.7 Å². The van der Waals surface area contributed by atoms with E-state index in [0.717, 1.165) is 6.42 Å². The molecule has 2 rings (SSSR count). The van der Waals surface area contributed by atoms with Crippen molar-refractivity contribution >= 4 is 27.5 Å². The fourth-order valence-electron chi connectivity index (χ4n) is 2.23. The van der Waals surface area contributed by atoms with Crippen LogP contribution in [0.4, 0.5) is 10.5 Å². The zero-order valence-corrected chi connectivity index (χ0v) is 13.7. The van der Waals surface area contributed by atoms with Crippen molar-refractivity contribution in [3.63, 3.8) is 0 Å². The minimum absolute atomic E-state index is 0.0252. The Bertz CT molecular complexity index is 670. The summed E-state index contributed by atoms with van der Waals surface area (Å²) in [7, 11) is -3.03. The highest BCUT2D eigenvalue weighted by atomic mass is 32.2. The van der Waals surface area contributed by atoms with E-state index >= 15 is 0 Å². The smallest absolute Gasteiger partial charge is 0.338 e. The van der Waals surface area contributed by atoms with Gasteiger partial charge in [-0.1, -0.05) is 6.92 Å². The van der Waals surface area contributed by atoms with Gasteiger partial charge in [0, 0.05) is 11.7 Å². The molecule has 23 heavy (non-hydrogen) atoms. The molecule has 2 amide bonds. The third-order valence-corrected chi connectivity index (χ3v) is 5.15. The molecule has 1 fully saturated rings. The molecule has 1 aromatic rings. The average Bonchev–Trinajstić information content (AvgIpc) is 2.84. The molecule has 1 aliphatic heterocycles. The van der Waals surface area contributed by atoms with Gasteiger partial charge < -0.3 is 15.4 Å². The number of anilines is 1. The Balaban J connectivity index is 1.85. The lowest BCUT2D eigenvalue weighted by molar-refractivity contribution is 0.0505. The molecular formula is C15H20N2O5S. The van der Waals surface area contributed by atoms with Crippen molar-refractivity contribution in [3.05, 3.63) is 29.8 Å². The Morgan fingerprint density at radius 1 is 1.26 bits per heavy atom. The van der Waals surface area contributed by atoms with E-state index in [9.17, 15) is 18.0 Å². The number of rotatable bonds is 5. The lowest BCUT2D eigenvalue weighted by atomic mass is 10.2. The normalized spacial score (nSPS) is 19.1. The molecule has 7 nitrogen and oxygen atoms in total. The Labute approximate surface area is 135 Å². The molecule has 1 atom stereocenters. The largest absolute Gasteiger partial charge is 0.462 e. The number of urea groups is 1. The molecular weight excluding hydrogens is 320 g/mol. The second-order valence-electron chi connectivity index (χ2n) is 5.41. The molecule has 1 unspecified atom stereocenters. The molecule has 126 valence electrons. The predicted octanol–water partition coefficient (Wildman–Crippen LogP) is 1.56. The number of nitrogens with one attached hydrogen (secondary N) is 2. The number of hydrogen-bond donors (Lipinski definition) is 2. The van der Waals surface area contributed by atoms with Crippen LogP contribution in [0.3, 0.4) is 0 Å². The maximum Gasteiger partial charge on any atom is 0.338 e. The maximum absolute atomic E-state index is 11.8. The van der Waals surface area contributed by atoms with E-state index in [0.29, 0.717) is 24.3 Å². The molecule has 1 saturated heterocycles. The van der Waals surface area contributed by atoms with Crippen molar-refractivity contribution in [1.29, 1.82) is 0 Å². The molecule has 0 bridgehead atoms. The van der Waals surface area contributed by atoms with Crippen LogP contribution in [0, 0.1) is 0 Å². The van der Waals surface area contributed by atoms with Crippen molar-refractivity contribution in [1.82, 2.24) is 5.32 Å². The van der Waals surface area contributed by atoms with E-state index in [1.165, 1.54) is 0 Å². The van der Waals surface area contributed by atoms with Crippen LogP contribution < -0.4 is 10.6 Å². The van der Waals surface area contributed by atoms with E-state index in [2.05, 4.69) is 10.6 Å². The first-order valence-corrected chi connectivity index (χ1v) is 9.27. The van der Waals surface area contributed by atoms with Crippen molar-refractivity contribution in [2.75, 3.05) is 23.4 Å². The number of sulfone groups is 1. The molecule has 2 N–H and O–H groups in total. The van der Waals surface area contributed by atoms with E-state index in [1.54, 1.807) is 24.3 Å². The Kier molecular flexibility index (Phi) is 5.59. The van der Waals surface area contributed by atoms with Crippen LogP contribution in [0.1, 0.15) is 30.1 Å². The van der Waals surface area contributed by atoms with Crippen LogP contribution in [0.2, 0.25) is 0 Å². The van der Waals surface area contributed by atoms with E-state index in [1.807, 2.05) is 6.92 Å². The van der Waals surface area contributed by atoms with Crippen LogP contribution in [-0.4, -0.2) is 44.6 Å². The first kappa shape index (κ1) is 17.3. The van der Waals surface area contributed by atoms with Gasteiger partial charge in [-0.15, -0.1) is 0 Å². The van der Waals surface area contributed by atoms with E-state index in [4.69, 9.17) is 4.74 Å². The van der Waals surface area contributed by atoms with Gasteiger partial charge in [0.1, 0.15) is 0 Å². The summed E-state index contributed by atoms with van der Waals surface area (Å²) in [5, 5.41) is 5.24. The van der Waals surface area contributed by atoms with Gasteiger partial charge in [0.15, 0.2) is 9.84 Å². The highest BCUT2D eigenvalue weighted by molar-refractivity contribution is 7.91. The van der Waals surface area contributed by atoms with E-state index < -0.39 is 21.8 Å². The summed E-state index contributed by atoms with van der Waals surface area (Å²) < 4.78 is 27.7. The number of benzene rings is 1. The van der Waals surface area contributed by atoms with Crippen LogP contribution in [0.25, 0.3) is 0 Å². The van der Waals surface area contributed by atoms with Gasteiger partial charge in [0.2, 0.25) is 0 Å². The standard InChI is InChI=1S/C15H20N2O5S/c1-2-8-22-14(18)11-3-5-12(6-4-11)16-15(19)17-13-7-9-23(20,21)10-13/h3-6,13H,2,7-10H2,1H3,(H2,16,17,19). The summed E-state index contributed by atoms with van der Waals surface area (Å²) in [6.45, 7) is 2.28. The molecule has 0 radical (unpaired) electrons.